The molecule has 0 spiro atoms. The largest absolute Gasteiger partial charge is 0.0850 e. The third kappa shape index (κ3) is 1.71. The van der Waals surface area contributed by atoms with Crippen LogP contribution < -0.4 is 0 Å². The quantitative estimate of drug-likeness (QED) is 0.495. The second-order valence-electron chi connectivity index (χ2n) is 7.70. The van der Waals surface area contributed by atoms with Crippen LogP contribution in [0.25, 0.3) is 0 Å². The van der Waals surface area contributed by atoms with Crippen molar-refractivity contribution < 1.29 is 0 Å². The van der Waals surface area contributed by atoms with E-state index in [1.54, 1.807) is 0 Å². The molecule has 0 radical (unpaired) electrons. The predicted molar refractivity (Wildman–Crippen MR) is 73.9 cm³/mol. The summed E-state index contributed by atoms with van der Waals surface area (Å²) in [6.45, 7) is 7.70. The Morgan fingerprint density at radius 3 is 2.71 bits per heavy atom. The van der Waals surface area contributed by atoms with E-state index in [0.29, 0.717) is 10.8 Å². The van der Waals surface area contributed by atoms with Crippen LogP contribution in [0.3, 0.4) is 0 Å². The molecule has 2 fully saturated rings. The van der Waals surface area contributed by atoms with E-state index in [1.165, 1.54) is 51.4 Å². The third-order valence-electron chi connectivity index (χ3n) is 6.34. The van der Waals surface area contributed by atoms with Crippen LogP contribution in [0, 0.1) is 22.7 Å². The molecule has 0 heteroatoms. The fraction of sp³-hybridized carbons (Fsp3) is 0.882. The lowest BCUT2D eigenvalue weighted by Crippen LogP contribution is -2.49. The molecular weight excluding hydrogens is 204 g/mol. The smallest absolute Gasteiger partial charge is 0.0146 e. The van der Waals surface area contributed by atoms with E-state index >= 15 is 0 Å². The van der Waals surface area contributed by atoms with E-state index < -0.39 is 0 Å². The van der Waals surface area contributed by atoms with E-state index in [-0.39, 0.29) is 0 Å². The van der Waals surface area contributed by atoms with Crippen LogP contribution in [-0.2, 0) is 0 Å². The Bertz CT molecular complexity index is 336. The normalized spacial score (nSPS) is 44.5. The number of hydrogen-bond donors (Lipinski definition) is 0. The van der Waals surface area contributed by atoms with Gasteiger partial charge in [-0.1, -0.05) is 38.8 Å². The molecule has 0 amide bonds. The Morgan fingerprint density at radius 2 is 1.88 bits per heavy atom. The van der Waals surface area contributed by atoms with Gasteiger partial charge in [0.05, 0.1) is 0 Å². The summed E-state index contributed by atoms with van der Waals surface area (Å²) in [6.07, 6.45) is 14.2. The zero-order valence-electron chi connectivity index (χ0n) is 11.9. The van der Waals surface area contributed by atoms with Gasteiger partial charge in [0.1, 0.15) is 0 Å². The van der Waals surface area contributed by atoms with Crippen LogP contribution in [0.1, 0.15) is 72.1 Å². The fourth-order valence-corrected chi connectivity index (χ4v) is 5.58. The fourth-order valence-electron chi connectivity index (χ4n) is 5.58. The lowest BCUT2D eigenvalue weighted by molar-refractivity contribution is -0.0562. The second kappa shape index (κ2) is 3.87. The summed E-state index contributed by atoms with van der Waals surface area (Å²) in [5, 5.41) is 0. The first-order valence-electron chi connectivity index (χ1n) is 7.73. The number of allylic oxidation sites excluding steroid dienone is 2. The summed E-state index contributed by atoms with van der Waals surface area (Å²) in [7, 11) is 0. The molecule has 3 aliphatic rings. The van der Waals surface area contributed by atoms with E-state index in [2.05, 4.69) is 26.8 Å². The molecule has 0 heterocycles. The summed E-state index contributed by atoms with van der Waals surface area (Å²) in [5.41, 5.74) is 3.06. The Kier molecular flexibility index (Phi) is 2.69. The van der Waals surface area contributed by atoms with Crippen molar-refractivity contribution in [3.05, 3.63) is 11.6 Å². The number of fused-ring (bicyclic) bond motifs is 3. The van der Waals surface area contributed by atoms with Gasteiger partial charge < -0.3 is 0 Å². The highest BCUT2D eigenvalue weighted by Gasteiger charge is 2.52. The summed E-state index contributed by atoms with van der Waals surface area (Å²) in [6, 6.07) is 0. The Balaban J connectivity index is 1.97. The van der Waals surface area contributed by atoms with Gasteiger partial charge in [0, 0.05) is 0 Å². The highest BCUT2D eigenvalue weighted by molar-refractivity contribution is 5.20. The molecule has 3 aliphatic carbocycles. The minimum atomic E-state index is 0.593. The van der Waals surface area contributed by atoms with Crippen molar-refractivity contribution in [2.24, 2.45) is 22.7 Å². The maximum absolute atomic E-state index is 2.63. The molecule has 1 unspecified atom stereocenters. The molecule has 3 atom stereocenters. The maximum Gasteiger partial charge on any atom is -0.0146 e. The summed E-state index contributed by atoms with van der Waals surface area (Å²) >= 11 is 0. The molecular formula is C17H28. The summed E-state index contributed by atoms with van der Waals surface area (Å²) < 4.78 is 0. The molecule has 3 rings (SSSR count). The average molecular weight is 232 g/mol. The highest BCUT2D eigenvalue weighted by Crippen LogP contribution is 2.62. The van der Waals surface area contributed by atoms with Crippen molar-refractivity contribution in [2.75, 3.05) is 0 Å². The zero-order chi connectivity index (χ0) is 12.1. The van der Waals surface area contributed by atoms with E-state index in [4.69, 9.17) is 0 Å². The van der Waals surface area contributed by atoms with Gasteiger partial charge in [0.25, 0.3) is 0 Å². The minimum Gasteiger partial charge on any atom is -0.0850 e. The third-order valence-corrected chi connectivity index (χ3v) is 6.34. The van der Waals surface area contributed by atoms with Crippen molar-refractivity contribution in [1.82, 2.24) is 0 Å². The average Bonchev–Trinajstić information content (AvgIpc) is 2.28. The molecule has 0 nitrogen and oxygen atoms in total. The molecule has 96 valence electrons. The molecule has 2 saturated carbocycles. The van der Waals surface area contributed by atoms with Crippen LogP contribution in [0.4, 0.5) is 0 Å². The molecule has 0 aromatic heterocycles. The predicted octanol–water partition coefficient (Wildman–Crippen LogP) is 5.34. The molecule has 0 aliphatic heterocycles. The minimum absolute atomic E-state index is 0.593. The lowest BCUT2D eigenvalue weighted by Gasteiger charge is -2.58. The van der Waals surface area contributed by atoms with Gasteiger partial charge in [-0.25, -0.2) is 0 Å². The Morgan fingerprint density at radius 1 is 1.06 bits per heavy atom. The molecule has 17 heavy (non-hydrogen) atoms. The SMILES string of the molecule is CC1(C)CCC[C@@]2(C)C1CCC1=CCCC[C@@H]12. The second-order valence-corrected chi connectivity index (χ2v) is 7.70. The molecule has 0 aromatic rings. The Hall–Kier alpha value is -0.260. The molecule has 0 aromatic carbocycles. The van der Waals surface area contributed by atoms with Gasteiger partial charge in [0.15, 0.2) is 0 Å². The van der Waals surface area contributed by atoms with Gasteiger partial charge >= 0.3 is 0 Å². The van der Waals surface area contributed by atoms with Crippen molar-refractivity contribution in [3.63, 3.8) is 0 Å². The van der Waals surface area contributed by atoms with E-state index in [9.17, 15) is 0 Å². The monoisotopic (exact) mass is 232 g/mol. The lowest BCUT2D eigenvalue weighted by atomic mass is 9.46. The van der Waals surface area contributed by atoms with Gasteiger partial charge in [-0.3, -0.25) is 0 Å². The van der Waals surface area contributed by atoms with Gasteiger partial charge in [-0.05, 0) is 67.6 Å². The summed E-state index contributed by atoms with van der Waals surface area (Å²) in [5.74, 6) is 1.92. The summed E-state index contributed by atoms with van der Waals surface area (Å²) in [4.78, 5) is 0. The van der Waals surface area contributed by atoms with Crippen molar-refractivity contribution in [3.8, 4) is 0 Å². The van der Waals surface area contributed by atoms with E-state index in [0.717, 1.165) is 11.8 Å². The van der Waals surface area contributed by atoms with Gasteiger partial charge in [0.2, 0.25) is 0 Å². The van der Waals surface area contributed by atoms with Crippen molar-refractivity contribution in [1.29, 1.82) is 0 Å². The zero-order valence-corrected chi connectivity index (χ0v) is 11.9. The highest BCUT2D eigenvalue weighted by atomic mass is 14.6. The van der Waals surface area contributed by atoms with Crippen LogP contribution >= 0.6 is 0 Å². The number of hydrogen-bond acceptors (Lipinski definition) is 0. The van der Waals surface area contributed by atoms with Crippen LogP contribution in [0.15, 0.2) is 11.6 Å². The molecule has 0 saturated heterocycles. The first kappa shape index (κ1) is 11.8. The van der Waals surface area contributed by atoms with Gasteiger partial charge in [-0.2, -0.15) is 0 Å². The standard InChI is InChI=1S/C17H28/c1-16(2)11-6-12-17(3)14-8-5-4-7-13(14)9-10-15(16)17/h7,14-15H,4-6,8-12H2,1-3H3/t14-,15?,17+/m0/s1. The molecule has 0 bridgehead atoms. The first-order chi connectivity index (χ1) is 8.04. The van der Waals surface area contributed by atoms with Crippen LogP contribution in [0.2, 0.25) is 0 Å². The van der Waals surface area contributed by atoms with Crippen molar-refractivity contribution in [2.45, 2.75) is 72.1 Å². The topological polar surface area (TPSA) is 0 Å². The van der Waals surface area contributed by atoms with Crippen LogP contribution in [0.5, 0.6) is 0 Å². The van der Waals surface area contributed by atoms with E-state index in [1.807, 2.05) is 5.57 Å². The van der Waals surface area contributed by atoms with Crippen LogP contribution in [-0.4, -0.2) is 0 Å². The van der Waals surface area contributed by atoms with Gasteiger partial charge in [-0.15, -0.1) is 0 Å². The Labute approximate surface area is 107 Å². The number of rotatable bonds is 0. The maximum atomic E-state index is 2.63. The first-order valence-corrected chi connectivity index (χ1v) is 7.73. The molecule has 0 N–H and O–H groups in total. The van der Waals surface area contributed by atoms with Crippen molar-refractivity contribution >= 4 is 0 Å².